The molecule has 0 atom stereocenters. The molecule has 0 N–H and O–H groups in total. The van der Waals surface area contributed by atoms with Crippen LogP contribution in [-0.4, -0.2) is 46.0 Å². The van der Waals surface area contributed by atoms with Gasteiger partial charge in [0.05, 0.1) is 25.0 Å². The van der Waals surface area contributed by atoms with Crippen LogP contribution in [0.25, 0.3) is 0 Å². The molecule has 0 amide bonds. The number of rotatable bonds is 9. The van der Waals surface area contributed by atoms with E-state index in [1.165, 1.54) is 26.3 Å². The molecule has 0 aliphatic heterocycles. The number of methoxy groups -OCH3 is 1. The van der Waals surface area contributed by atoms with Crippen LogP contribution in [-0.2, 0) is 19.6 Å². The van der Waals surface area contributed by atoms with E-state index < -0.39 is 16.0 Å². The fourth-order valence-corrected chi connectivity index (χ4v) is 3.41. The van der Waals surface area contributed by atoms with Crippen molar-refractivity contribution in [3.8, 4) is 17.2 Å². The van der Waals surface area contributed by atoms with E-state index in [0.717, 1.165) is 10.1 Å². The van der Waals surface area contributed by atoms with Crippen molar-refractivity contribution in [2.24, 2.45) is 0 Å². The molecule has 0 aromatic heterocycles. The van der Waals surface area contributed by atoms with Gasteiger partial charge in [-0.15, -0.1) is 0 Å². The van der Waals surface area contributed by atoms with Gasteiger partial charge in [-0.2, -0.15) is 0 Å². The number of sulfonamides is 1. The van der Waals surface area contributed by atoms with Gasteiger partial charge in [0.25, 0.3) is 0 Å². The minimum absolute atomic E-state index is 0.00876. The molecule has 0 fully saturated rings. The maximum atomic E-state index is 12.5. The summed E-state index contributed by atoms with van der Waals surface area (Å²) in [5, 5.41) is 0. The molecule has 0 aliphatic rings. The zero-order valence-electron chi connectivity index (χ0n) is 15.5. The molecule has 0 heterocycles. The van der Waals surface area contributed by atoms with Crippen molar-refractivity contribution in [1.82, 2.24) is 4.31 Å². The first-order chi connectivity index (χ1) is 12.9. The van der Waals surface area contributed by atoms with E-state index in [4.69, 9.17) is 9.47 Å². The zero-order chi connectivity index (χ0) is 19.9. The van der Waals surface area contributed by atoms with E-state index in [0.29, 0.717) is 18.1 Å². The van der Waals surface area contributed by atoms with Crippen molar-refractivity contribution >= 4 is 16.0 Å². The van der Waals surface area contributed by atoms with Crippen LogP contribution in [0.2, 0.25) is 0 Å². The molecule has 0 radical (unpaired) electrons. The average Bonchev–Trinajstić information content (AvgIpc) is 2.68. The maximum Gasteiger partial charge on any atom is 0.306 e. The van der Waals surface area contributed by atoms with Gasteiger partial charge in [0.1, 0.15) is 17.2 Å². The van der Waals surface area contributed by atoms with Gasteiger partial charge in [-0.25, -0.2) is 12.7 Å². The zero-order valence-corrected chi connectivity index (χ0v) is 16.4. The Bertz CT molecular complexity index is 847. The van der Waals surface area contributed by atoms with Gasteiger partial charge in [0, 0.05) is 13.6 Å². The van der Waals surface area contributed by atoms with Crippen LogP contribution >= 0.6 is 0 Å². The predicted octanol–water partition coefficient (Wildman–Crippen LogP) is 3.06. The lowest BCUT2D eigenvalue weighted by atomic mass is 10.3. The Morgan fingerprint density at radius 2 is 1.48 bits per heavy atom. The number of carbonyl (C=O) groups excluding carboxylic acids is 1. The first kappa shape index (κ1) is 20.7. The number of carbonyl (C=O) groups is 1. The Morgan fingerprint density at radius 3 is 2.00 bits per heavy atom. The van der Waals surface area contributed by atoms with Gasteiger partial charge in [-0.05, 0) is 55.5 Å². The van der Waals surface area contributed by atoms with E-state index in [-0.39, 0.29) is 17.9 Å². The van der Waals surface area contributed by atoms with Gasteiger partial charge in [0.2, 0.25) is 10.0 Å². The van der Waals surface area contributed by atoms with Crippen LogP contribution in [0.4, 0.5) is 0 Å². The van der Waals surface area contributed by atoms with Crippen LogP contribution in [0, 0.1) is 0 Å². The highest BCUT2D eigenvalue weighted by Crippen LogP contribution is 2.25. The molecule has 2 aromatic carbocycles. The Morgan fingerprint density at radius 1 is 0.963 bits per heavy atom. The first-order valence-electron chi connectivity index (χ1n) is 8.40. The van der Waals surface area contributed by atoms with Crippen molar-refractivity contribution in [3.63, 3.8) is 0 Å². The lowest BCUT2D eigenvalue weighted by Gasteiger charge is -2.16. The standard InChI is InChI=1S/C19H23NO6S/c1-4-25-15-5-7-16(8-6-15)26-17-9-11-18(12-10-17)27(22,23)20(2)14-13-19(21)24-3/h5-12H,4,13-14H2,1-3H3. The fourth-order valence-electron chi connectivity index (χ4n) is 2.24. The van der Waals surface area contributed by atoms with E-state index in [1.54, 1.807) is 36.4 Å². The van der Waals surface area contributed by atoms with E-state index >= 15 is 0 Å². The first-order valence-corrected chi connectivity index (χ1v) is 9.84. The van der Waals surface area contributed by atoms with Crippen molar-refractivity contribution in [3.05, 3.63) is 48.5 Å². The summed E-state index contributed by atoms with van der Waals surface area (Å²) < 4.78 is 41.8. The average molecular weight is 393 g/mol. The summed E-state index contributed by atoms with van der Waals surface area (Å²) >= 11 is 0. The molecular formula is C19H23NO6S. The van der Waals surface area contributed by atoms with E-state index in [2.05, 4.69) is 4.74 Å². The van der Waals surface area contributed by atoms with Crippen molar-refractivity contribution in [2.45, 2.75) is 18.2 Å². The summed E-state index contributed by atoms with van der Waals surface area (Å²) in [5.41, 5.74) is 0. The molecule has 146 valence electrons. The summed E-state index contributed by atoms with van der Waals surface area (Å²) in [7, 11) is -1.01. The van der Waals surface area contributed by atoms with Crippen LogP contribution in [0.1, 0.15) is 13.3 Å². The molecule has 0 saturated heterocycles. The number of esters is 1. The molecule has 0 aliphatic carbocycles. The van der Waals surface area contributed by atoms with Gasteiger partial charge in [-0.1, -0.05) is 0 Å². The Kier molecular flexibility index (Phi) is 7.20. The monoisotopic (exact) mass is 393 g/mol. The van der Waals surface area contributed by atoms with Crippen LogP contribution < -0.4 is 9.47 Å². The predicted molar refractivity (Wildman–Crippen MR) is 101 cm³/mol. The van der Waals surface area contributed by atoms with E-state index in [9.17, 15) is 13.2 Å². The summed E-state index contributed by atoms with van der Waals surface area (Å²) in [5.74, 6) is 1.41. The molecule has 0 unspecified atom stereocenters. The Labute approximate surface area is 159 Å². The molecule has 8 heteroatoms. The highest BCUT2D eigenvalue weighted by atomic mass is 32.2. The third-order valence-corrected chi connectivity index (χ3v) is 5.63. The van der Waals surface area contributed by atoms with Crippen molar-refractivity contribution in [1.29, 1.82) is 0 Å². The number of benzene rings is 2. The number of hydrogen-bond acceptors (Lipinski definition) is 6. The molecule has 2 aromatic rings. The van der Waals surface area contributed by atoms with Crippen LogP contribution in [0.15, 0.2) is 53.4 Å². The van der Waals surface area contributed by atoms with Crippen molar-refractivity contribution in [2.75, 3.05) is 27.3 Å². The van der Waals surface area contributed by atoms with Gasteiger partial charge in [0.15, 0.2) is 0 Å². The van der Waals surface area contributed by atoms with Gasteiger partial charge in [-0.3, -0.25) is 4.79 Å². The SMILES string of the molecule is CCOc1ccc(Oc2ccc(S(=O)(=O)N(C)CCC(=O)OC)cc2)cc1. The molecule has 0 saturated carbocycles. The summed E-state index contributed by atoms with van der Waals surface area (Å²) in [6, 6.07) is 13.2. The molecular weight excluding hydrogens is 370 g/mol. The van der Waals surface area contributed by atoms with Gasteiger partial charge >= 0.3 is 5.97 Å². The smallest absolute Gasteiger partial charge is 0.306 e. The number of nitrogens with zero attached hydrogens (tertiary/aromatic N) is 1. The summed E-state index contributed by atoms with van der Waals surface area (Å²) in [4.78, 5) is 11.3. The summed E-state index contributed by atoms with van der Waals surface area (Å²) in [6.07, 6.45) is -0.00876. The van der Waals surface area contributed by atoms with E-state index in [1.807, 2.05) is 6.92 Å². The lowest BCUT2D eigenvalue weighted by molar-refractivity contribution is -0.140. The third-order valence-electron chi connectivity index (χ3n) is 3.76. The number of hydrogen-bond donors (Lipinski definition) is 0. The molecule has 0 spiro atoms. The fraction of sp³-hybridized carbons (Fsp3) is 0.316. The topological polar surface area (TPSA) is 82.1 Å². The Balaban J connectivity index is 2.03. The van der Waals surface area contributed by atoms with Gasteiger partial charge < -0.3 is 14.2 Å². The molecule has 0 bridgehead atoms. The van der Waals surface area contributed by atoms with Crippen LogP contribution in [0.3, 0.4) is 0 Å². The Hall–Kier alpha value is -2.58. The second-order valence-corrected chi connectivity index (χ2v) is 7.68. The minimum atomic E-state index is -3.69. The largest absolute Gasteiger partial charge is 0.494 e. The highest BCUT2D eigenvalue weighted by molar-refractivity contribution is 7.89. The molecule has 2 rings (SSSR count). The minimum Gasteiger partial charge on any atom is -0.494 e. The number of ether oxygens (including phenoxy) is 3. The second-order valence-electron chi connectivity index (χ2n) is 5.63. The van der Waals surface area contributed by atoms with Crippen LogP contribution in [0.5, 0.6) is 17.2 Å². The third kappa shape index (κ3) is 5.70. The summed E-state index contributed by atoms with van der Waals surface area (Å²) in [6.45, 7) is 2.54. The molecule has 7 nitrogen and oxygen atoms in total. The lowest BCUT2D eigenvalue weighted by Crippen LogP contribution is -2.29. The second kappa shape index (κ2) is 9.38. The quantitative estimate of drug-likeness (QED) is 0.609. The molecule has 27 heavy (non-hydrogen) atoms. The maximum absolute atomic E-state index is 12.5. The normalized spacial score (nSPS) is 11.3. The highest BCUT2D eigenvalue weighted by Gasteiger charge is 2.21. The van der Waals surface area contributed by atoms with Crippen molar-refractivity contribution < 1.29 is 27.4 Å².